The first-order valence-electron chi connectivity index (χ1n) is 8.13. The summed E-state index contributed by atoms with van der Waals surface area (Å²) < 4.78 is 14.6. The van der Waals surface area contributed by atoms with Gasteiger partial charge in [-0.2, -0.15) is 0 Å². The quantitative estimate of drug-likeness (QED) is 0.799. The van der Waals surface area contributed by atoms with E-state index in [1.165, 1.54) is 30.0 Å². The van der Waals surface area contributed by atoms with Crippen molar-refractivity contribution in [2.24, 2.45) is 0 Å². The van der Waals surface area contributed by atoms with E-state index in [4.69, 9.17) is 0 Å². The van der Waals surface area contributed by atoms with Crippen molar-refractivity contribution in [1.29, 1.82) is 0 Å². The smallest absolute Gasteiger partial charge is 0.261 e. The molecule has 2 amide bonds. The lowest BCUT2D eigenvalue weighted by molar-refractivity contribution is -0.133. The van der Waals surface area contributed by atoms with E-state index in [1.54, 1.807) is 9.80 Å². The number of carbonyl (C=O) groups excluding carboxylic acids is 2. The SMILES string of the molecule is CC(=O)N1CCCN(C(=O)Cn2cnc3ccc(F)cc3c2=O)CC1. The highest BCUT2D eigenvalue weighted by molar-refractivity contribution is 5.79. The minimum atomic E-state index is -0.521. The van der Waals surface area contributed by atoms with E-state index in [2.05, 4.69) is 4.98 Å². The summed E-state index contributed by atoms with van der Waals surface area (Å²) in [7, 11) is 0. The van der Waals surface area contributed by atoms with Crippen molar-refractivity contribution >= 4 is 22.7 Å². The van der Waals surface area contributed by atoms with Crippen molar-refractivity contribution in [2.45, 2.75) is 19.9 Å². The Hall–Kier alpha value is -2.77. The fourth-order valence-electron chi connectivity index (χ4n) is 2.97. The van der Waals surface area contributed by atoms with Gasteiger partial charge in [0.1, 0.15) is 12.4 Å². The van der Waals surface area contributed by atoms with Crippen molar-refractivity contribution in [2.75, 3.05) is 26.2 Å². The molecular weight excluding hydrogens is 327 g/mol. The van der Waals surface area contributed by atoms with Crippen LogP contribution in [0.15, 0.2) is 29.3 Å². The second kappa shape index (κ2) is 7.00. The molecule has 0 unspecified atom stereocenters. The molecule has 0 aliphatic carbocycles. The molecule has 25 heavy (non-hydrogen) atoms. The summed E-state index contributed by atoms with van der Waals surface area (Å²) in [4.78, 5) is 43.9. The summed E-state index contributed by atoms with van der Waals surface area (Å²) in [6, 6.07) is 3.80. The minimum absolute atomic E-state index is 0.00808. The second-order valence-electron chi connectivity index (χ2n) is 6.08. The van der Waals surface area contributed by atoms with E-state index in [0.717, 1.165) is 6.07 Å². The van der Waals surface area contributed by atoms with Gasteiger partial charge in [-0.1, -0.05) is 0 Å². The van der Waals surface area contributed by atoms with Crippen LogP contribution in [0.25, 0.3) is 10.9 Å². The topological polar surface area (TPSA) is 75.5 Å². The second-order valence-corrected chi connectivity index (χ2v) is 6.08. The summed E-state index contributed by atoms with van der Waals surface area (Å²) in [5, 5.41) is 0.147. The van der Waals surface area contributed by atoms with Crippen LogP contribution in [0.5, 0.6) is 0 Å². The molecule has 1 aromatic carbocycles. The van der Waals surface area contributed by atoms with Crippen LogP contribution in [0, 0.1) is 5.82 Å². The molecule has 0 bridgehead atoms. The molecule has 7 nitrogen and oxygen atoms in total. The van der Waals surface area contributed by atoms with Crippen LogP contribution in [-0.2, 0) is 16.1 Å². The number of amides is 2. The van der Waals surface area contributed by atoms with Gasteiger partial charge in [0.2, 0.25) is 11.8 Å². The third-order valence-corrected chi connectivity index (χ3v) is 4.39. The molecule has 1 aliphatic heterocycles. The maximum Gasteiger partial charge on any atom is 0.261 e. The van der Waals surface area contributed by atoms with Crippen molar-refractivity contribution < 1.29 is 14.0 Å². The molecule has 0 spiro atoms. The molecule has 132 valence electrons. The number of carbonyl (C=O) groups is 2. The molecule has 1 saturated heterocycles. The zero-order valence-electron chi connectivity index (χ0n) is 13.9. The first-order chi connectivity index (χ1) is 12.0. The van der Waals surface area contributed by atoms with E-state index in [1.807, 2.05) is 0 Å². The van der Waals surface area contributed by atoms with Crippen molar-refractivity contribution in [3.8, 4) is 0 Å². The molecule has 0 radical (unpaired) electrons. The number of nitrogens with zero attached hydrogens (tertiary/aromatic N) is 4. The largest absolute Gasteiger partial charge is 0.341 e. The lowest BCUT2D eigenvalue weighted by Gasteiger charge is -2.21. The molecular formula is C17H19FN4O3. The van der Waals surface area contributed by atoms with Gasteiger partial charge in [-0.25, -0.2) is 9.37 Å². The predicted octanol–water partition coefficient (Wildman–Crippen LogP) is 0.616. The third-order valence-electron chi connectivity index (χ3n) is 4.39. The Kier molecular flexibility index (Phi) is 4.78. The van der Waals surface area contributed by atoms with Crippen LogP contribution in [0.1, 0.15) is 13.3 Å². The van der Waals surface area contributed by atoms with Gasteiger partial charge in [-0.05, 0) is 24.6 Å². The minimum Gasteiger partial charge on any atom is -0.341 e. The maximum atomic E-state index is 13.4. The number of rotatable bonds is 2. The van der Waals surface area contributed by atoms with Crippen LogP contribution in [0.4, 0.5) is 4.39 Å². The van der Waals surface area contributed by atoms with E-state index < -0.39 is 11.4 Å². The molecule has 0 saturated carbocycles. The number of fused-ring (bicyclic) bond motifs is 1. The van der Waals surface area contributed by atoms with E-state index in [0.29, 0.717) is 38.1 Å². The van der Waals surface area contributed by atoms with E-state index in [-0.39, 0.29) is 23.7 Å². The first kappa shape index (κ1) is 17.1. The molecule has 0 atom stereocenters. The summed E-state index contributed by atoms with van der Waals surface area (Å²) in [6.45, 7) is 3.43. The van der Waals surface area contributed by atoms with Crippen LogP contribution in [0.3, 0.4) is 0 Å². The fourth-order valence-corrected chi connectivity index (χ4v) is 2.97. The van der Waals surface area contributed by atoms with Crippen LogP contribution in [0.2, 0.25) is 0 Å². The molecule has 1 aliphatic rings. The number of benzene rings is 1. The molecule has 3 rings (SSSR count). The van der Waals surface area contributed by atoms with Gasteiger partial charge in [0.15, 0.2) is 0 Å². The number of hydrogen-bond acceptors (Lipinski definition) is 4. The van der Waals surface area contributed by atoms with Gasteiger partial charge < -0.3 is 9.80 Å². The van der Waals surface area contributed by atoms with Gasteiger partial charge in [0, 0.05) is 33.1 Å². The fraction of sp³-hybridized carbons (Fsp3) is 0.412. The maximum absolute atomic E-state index is 13.4. The van der Waals surface area contributed by atoms with Gasteiger partial charge in [-0.3, -0.25) is 19.0 Å². The monoisotopic (exact) mass is 346 g/mol. The highest BCUT2D eigenvalue weighted by Gasteiger charge is 2.21. The zero-order chi connectivity index (χ0) is 18.0. The standard InChI is InChI=1S/C17H19FN4O3/c1-12(23)20-5-2-6-21(8-7-20)16(24)10-22-11-19-15-4-3-13(18)9-14(15)17(22)25/h3-4,9,11H,2,5-8,10H2,1H3. The molecule has 2 heterocycles. The van der Waals surface area contributed by atoms with Gasteiger partial charge >= 0.3 is 0 Å². The molecule has 1 aromatic heterocycles. The Balaban J connectivity index is 1.77. The third kappa shape index (κ3) is 3.67. The highest BCUT2D eigenvalue weighted by atomic mass is 19.1. The first-order valence-corrected chi connectivity index (χ1v) is 8.13. The van der Waals surface area contributed by atoms with Crippen LogP contribution in [-0.4, -0.2) is 57.3 Å². The van der Waals surface area contributed by atoms with Gasteiger partial charge in [0.25, 0.3) is 5.56 Å². The van der Waals surface area contributed by atoms with Crippen molar-refractivity contribution in [3.05, 3.63) is 40.7 Å². The zero-order valence-corrected chi connectivity index (χ0v) is 13.9. The molecule has 1 fully saturated rings. The summed E-state index contributed by atoms with van der Waals surface area (Å²) in [6.07, 6.45) is 2.00. The van der Waals surface area contributed by atoms with Gasteiger partial charge in [0.05, 0.1) is 17.2 Å². The average Bonchev–Trinajstić information content (AvgIpc) is 2.84. The number of hydrogen-bond donors (Lipinski definition) is 0. The predicted molar refractivity (Wildman–Crippen MR) is 89.4 cm³/mol. The number of aromatic nitrogens is 2. The Morgan fingerprint density at radius 2 is 1.88 bits per heavy atom. The molecule has 0 N–H and O–H groups in total. The van der Waals surface area contributed by atoms with E-state index in [9.17, 15) is 18.8 Å². The lowest BCUT2D eigenvalue weighted by atomic mass is 10.2. The van der Waals surface area contributed by atoms with Crippen molar-refractivity contribution in [3.63, 3.8) is 0 Å². The number of halogens is 1. The Labute approximate surface area is 143 Å². The highest BCUT2D eigenvalue weighted by Crippen LogP contribution is 2.09. The normalized spacial score (nSPS) is 15.3. The van der Waals surface area contributed by atoms with Crippen molar-refractivity contribution in [1.82, 2.24) is 19.4 Å². The Morgan fingerprint density at radius 3 is 2.64 bits per heavy atom. The lowest BCUT2D eigenvalue weighted by Crippen LogP contribution is -2.39. The summed E-state index contributed by atoms with van der Waals surface area (Å²) >= 11 is 0. The molecule has 8 heteroatoms. The van der Waals surface area contributed by atoms with Gasteiger partial charge in [-0.15, -0.1) is 0 Å². The van der Waals surface area contributed by atoms with E-state index >= 15 is 0 Å². The van der Waals surface area contributed by atoms with Crippen LogP contribution < -0.4 is 5.56 Å². The summed E-state index contributed by atoms with van der Waals surface area (Å²) in [5.41, 5.74) is -0.0556. The molecule has 2 aromatic rings. The average molecular weight is 346 g/mol. The Morgan fingerprint density at radius 1 is 1.16 bits per heavy atom. The summed E-state index contributed by atoms with van der Waals surface area (Å²) in [5.74, 6) is -0.747. The van der Waals surface area contributed by atoms with Crippen LogP contribution >= 0.6 is 0 Å². The Bertz CT molecular complexity index is 880.